The molecule has 0 bridgehead atoms. The Morgan fingerprint density at radius 2 is 1.92 bits per heavy atom. The highest BCUT2D eigenvalue weighted by Crippen LogP contribution is 2.32. The van der Waals surface area contributed by atoms with Crippen LogP contribution in [0.5, 0.6) is 0 Å². The molecule has 5 atom stereocenters. The smallest absolute Gasteiger partial charge is 0.332 e. The number of aliphatic hydroxyl groups is 4. The highest BCUT2D eigenvalue weighted by Gasteiger charge is 2.47. The maximum atomic E-state index is 12.4. The van der Waals surface area contributed by atoms with Crippen LogP contribution in [-0.2, 0) is 18.8 Å². The number of ether oxygens (including phenoxy) is 1. The topological polar surface area (TPSA) is 152 Å². The summed E-state index contributed by atoms with van der Waals surface area (Å²) in [5.41, 5.74) is -1.09. The lowest BCUT2D eigenvalue weighted by molar-refractivity contribution is -0.0961. The first-order chi connectivity index (χ1) is 11.3. The van der Waals surface area contributed by atoms with Gasteiger partial charge in [0, 0.05) is 14.1 Å². The number of nitrogens with zero attached hydrogens (tertiary/aromatic N) is 4. The van der Waals surface area contributed by atoms with Gasteiger partial charge in [-0.05, 0) is 0 Å². The van der Waals surface area contributed by atoms with Crippen molar-refractivity contribution in [2.24, 2.45) is 14.1 Å². The van der Waals surface area contributed by atoms with Gasteiger partial charge in [0.1, 0.15) is 24.4 Å². The number of imidazole rings is 1. The van der Waals surface area contributed by atoms with E-state index in [1.807, 2.05) is 0 Å². The summed E-state index contributed by atoms with van der Waals surface area (Å²) in [5.74, 6) is 0. The maximum Gasteiger partial charge on any atom is 0.332 e. The predicted molar refractivity (Wildman–Crippen MR) is 79.2 cm³/mol. The highest BCUT2D eigenvalue weighted by molar-refractivity contribution is 5.70. The van der Waals surface area contributed by atoms with Crippen LogP contribution in [0, 0.1) is 0 Å². The number of hydrogen-bond acceptors (Lipinski definition) is 8. The van der Waals surface area contributed by atoms with Gasteiger partial charge in [-0.1, -0.05) is 0 Å². The van der Waals surface area contributed by atoms with Crippen LogP contribution in [0.4, 0.5) is 0 Å². The minimum atomic E-state index is -1.47. The van der Waals surface area contributed by atoms with E-state index in [-0.39, 0.29) is 11.2 Å². The summed E-state index contributed by atoms with van der Waals surface area (Å²) in [5, 5.41) is 38.9. The third-order valence-corrected chi connectivity index (χ3v) is 4.29. The molecule has 1 aliphatic rings. The van der Waals surface area contributed by atoms with Crippen molar-refractivity contribution in [1.82, 2.24) is 18.7 Å². The first kappa shape index (κ1) is 16.8. The van der Waals surface area contributed by atoms with Crippen LogP contribution in [0.2, 0.25) is 0 Å². The summed E-state index contributed by atoms with van der Waals surface area (Å²) >= 11 is 0. The SMILES string of the molecule is Cn1c(=O)c2c(ncn2C2O[C@H]([C@H](O)CO)[C@H](O)[C@@H]2O)n(C)c1=O. The van der Waals surface area contributed by atoms with Crippen molar-refractivity contribution in [2.45, 2.75) is 30.6 Å². The molecule has 0 radical (unpaired) electrons. The van der Waals surface area contributed by atoms with E-state index >= 15 is 0 Å². The Morgan fingerprint density at radius 1 is 1.25 bits per heavy atom. The van der Waals surface area contributed by atoms with Crippen molar-refractivity contribution in [2.75, 3.05) is 6.61 Å². The first-order valence-corrected chi connectivity index (χ1v) is 7.22. The van der Waals surface area contributed by atoms with Gasteiger partial charge in [0.15, 0.2) is 17.4 Å². The molecule has 1 saturated heterocycles. The summed E-state index contributed by atoms with van der Waals surface area (Å²) < 4.78 is 8.70. The summed E-state index contributed by atoms with van der Waals surface area (Å²) in [7, 11) is 2.75. The van der Waals surface area contributed by atoms with E-state index in [9.17, 15) is 24.9 Å². The van der Waals surface area contributed by atoms with Gasteiger partial charge in [-0.25, -0.2) is 9.78 Å². The molecule has 2 aromatic heterocycles. The molecule has 0 spiro atoms. The van der Waals surface area contributed by atoms with Crippen LogP contribution in [0.1, 0.15) is 6.23 Å². The van der Waals surface area contributed by atoms with Gasteiger partial charge in [0.2, 0.25) is 0 Å². The van der Waals surface area contributed by atoms with Crippen LogP contribution in [-0.4, -0.2) is 70.1 Å². The fourth-order valence-electron chi connectivity index (χ4n) is 2.89. The average molecular weight is 342 g/mol. The first-order valence-electron chi connectivity index (χ1n) is 7.22. The normalized spacial score (nSPS) is 28.6. The van der Waals surface area contributed by atoms with Gasteiger partial charge >= 0.3 is 5.69 Å². The van der Waals surface area contributed by atoms with E-state index in [1.54, 1.807) is 0 Å². The van der Waals surface area contributed by atoms with Gasteiger partial charge in [-0.3, -0.25) is 18.5 Å². The summed E-state index contributed by atoms with van der Waals surface area (Å²) in [4.78, 5) is 28.3. The number of aryl methyl sites for hydroxylation is 1. The van der Waals surface area contributed by atoms with E-state index in [2.05, 4.69) is 4.98 Å². The largest absolute Gasteiger partial charge is 0.394 e. The molecule has 0 aromatic carbocycles. The van der Waals surface area contributed by atoms with Crippen LogP contribution >= 0.6 is 0 Å². The quantitative estimate of drug-likeness (QED) is 0.446. The lowest BCUT2D eigenvalue weighted by Crippen LogP contribution is -2.40. The van der Waals surface area contributed by atoms with Crippen LogP contribution < -0.4 is 11.2 Å². The second-order valence-electron chi connectivity index (χ2n) is 5.75. The molecule has 0 saturated carbocycles. The number of hydrogen-bond donors (Lipinski definition) is 4. The lowest BCUT2D eigenvalue weighted by atomic mass is 10.1. The lowest BCUT2D eigenvalue weighted by Gasteiger charge is -2.19. The van der Waals surface area contributed by atoms with Gasteiger partial charge in [0.05, 0.1) is 12.9 Å². The zero-order valence-electron chi connectivity index (χ0n) is 13.0. The number of rotatable bonds is 3. The van der Waals surface area contributed by atoms with Crippen LogP contribution in [0.3, 0.4) is 0 Å². The number of aliphatic hydroxyl groups excluding tert-OH is 4. The Bertz CT molecular complexity index is 885. The molecular weight excluding hydrogens is 324 g/mol. The predicted octanol–water partition coefficient (Wildman–Crippen LogP) is -3.59. The van der Waals surface area contributed by atoms with Gasteiger partial charge < -0.3 is 25.2 Å². The second-order valence-corrected chi connectivity index (χ2v) is 5.75. The fraction of sp³-hybridized carbons (Fsp3) is 0.615. The Kier molecular flexibility index (Phi) is 4.05. The minimum Gasteiger partial charge on any atom is -0.394 e. The Morgan fingerprint density at radius 3 is 2.54 bits per heavy atom. The van der Waals surface area contributed by atoms with Crippen molar-refractivity contribution in [3.05, 3.63) is 27.2 Å². The van der Waals surface area contributed by atoms with Crippen molar-refractivity contribution >= 4 is 11.2 Å². The molecule has 2 aromatic rings. The van der Waals surface area contributed by atoms with Crippen molar-refractivity contribution in [3.63, 3.8) is 0 Å². The number of aromatic nitrogens is 4. The maximum absolute atomic E-state index is 12.4. The standard InChI is InChI=1S/C13H18N4O7/c1-15-10-6(11(22)16(2)13(15)23)17(4-14-10)12-8(21)7(20)9(24-12)5(19)3-18/h4-5,7-9,12,18-21H,3H2,1-2H3/t5-,7-,8+,9-,12?/m1/s1. The van der Waals surface area contributed by atoms with E-state index in [4.69, 9.17) is 9.84 Å². The molecule has 0 aliphatic carbocycles. The summed E-state index contributed by atoms with van der Waals surface area (Å²) in [6.45, 7) is -0.665. The van der Waals surface area contributed by atoms with Crippen LogP contribution in [0.25, 0.3) is 11.2 Å². The Hall–Kier alpha value is -2.05. The monoisotopic (exact) mass is 342 g/mol. The van der Waals surface area contributed by atoms with Crippen LogP contribution in [0.15, 0.2) is 15.9 Å². The molecule has 1 unspecified atom stereocenters. The molecule has 132 valence electrons. The third-order valence-electron chi connectivity index (χ3n) is 4.29. The van der Waals surface area contributed by atoms with Crippen molar-refractivity contribution in [3.8, 4) is 0 Å². The molecule has 3 heterocycles. The van der Waals surface area contributed by atoms with E-state index in [1.165, 1.54) is 29.6 Å². The van der Waals surface area contributed by atoms with E-state index in [0.717, 1.165) is 4.57 Å². The Balaban J connectivity index is 2.15. The number of fused-ring (bicyclic) bond motifs is 1. The fourth-order valence-corrected chi connectivity index (χ4v) is 2.89. The molecule has 24 heavy (non-hydrogen) atoms. The third kappa shape index (κ3) is 2.21. The van der Waals surface area contributed by atoms with E-state index in [0.29, 0.717) is 0 Å². The van der Waals surface area contributed by atoms with Crippen molar-refractivity contribution in [1.29, 1.82) is 0 Å². The molecule has 1 fully saturated rings. The van der Waals surface area contributed by atoms with Gasteiger partial charge in [0.25, 0.3) is 5.56 Å². The summed E-state index contributed by atoms with van der Waals surface area (Å²) in [6.07, 6.45) is -5.56. The van der Waals surface area contributed by atoms with Crippen molar-refractivity contribution < 1.29 is 25.2 Å². The average Bonchev–Trinajstić information content (AvgIpc) is 3.13. The molecule has 3 rings (SSSR count). The molecule has 11 nitrogen and oxygen atoms in total. The van der Waals surface area contributed by atoms with Gasteiger partial charge in [-0.15, -0.1) is 0 Å². The Labute approximate surface area is 134 Å². The molecule has 11 heteroatoms. The minimum absolute atomic E-state index is 0.00925. The zero-order valence-corrected chi connectivity index (χ0v) is 13.0. The molecule has 1 aliphatic heterocycles. The van der Waals surface area contributed by atoms with E-state index < -0.39 is 48.5 Å². The molecule has 4 N–H and O–H groups in total. The molecule has 0 amide bonds. The second kappa shape index (κ2) is 5.79. The molecular formula is C13H18N4O7. The summed E-state index contributed by atoms with van der Waals surface area (Å²) in [6, 6.07) is 0. The zero-order chi connectivity index (χ0) is 17.8. The highest BCUT2D eigenvalue weighted by atomic mass is 16.6. The van der Waals surface area contributed by atoms with Gasteiger partial charge in [-0.2, -0.15) is 0 Å².